The molecule has 0 aromatic heterocycles. The molecule has 0 fully saturated rings. The van der Waals surface area contributed by atoms with Crippen molar-refractivity contribution in [2.75, 3.05) is 13.2 Å². The number of nitrogens with zero attached hydrogens (tertiary/aromatic N) is 1. The van der Waals surface area contributed by atoms with Crippen LogP contribution in [0.5, 0.6) is 0 Å². The van der Waals surface area contributed by atoms with E-state index in [9.17, 15) is 4.57 Å². The molecule has 0 saturated carbocycles. The first-order valence-corrected chi connectivity index (χ1v) is 10.7. The molecule has 0 rings (SSSR count). The van der Waals surface area contributed by atoms with E-state index in [1.54, 1.807) is 5.06 Å². The summed E-state index contributed by atoms with van der Waals surface area (Å²) in [7, 11) is -3.48. The second-order valence-electron chi connectivity index (χ2n) is 8.94. The van der Waals surface area contributed by atoms with Crippen molar-refractivity contribution in [3.05, 3.63) is 12.2 Å². The maximum Gasteiger partial charge on any atom is 0.354 e. The minimum absolute atomic E-state index is 0.128. The molecule has 0 aliphatic carbocycles. The first kappa shape index (κ1) is 24.8. The highest BCUT2D eigenvalue weighted by molar-refractivity contribution is 7.54. The molecule has 0 amide bonds. The summed E-state index contributed by atoms with van der Waals surface area (Å²) in [6, 6.07) is 0. The Labute approximate surface area is 155 Å². The fourth-order valence-electron chi connectivity index (χ4n) is 2.07. The molecule has 0 spiro atoms. The van der Waals surface area contributed by atoms with E-state index in [4.69, 9.17) is 13.9 Å². The van der Waals surface area contributed by atoms with Crippen LogP contribution in [0.1, 0.15) is 76.2 Å². The topological polar surface area (TPSA) is 48.0 Å². The van der Waals surface area contributed by atoms with Crippen LogP contribution in [0.4, 0.5) is 0 Å². The summed E-state index contributed by atoms with van der Waals surface area (Å²) >= 11 is 0. The van der Waals surface area contributed by atoms with Crippen molar-refractivity contribution in [2.24, 2.45) is 5.41 Å². The molecular weight excluding hydrogens is 337 g/mol. The number of hydrogen-bond acceptors (Lipinski definition) is 5. The predicted molar refractivity (Wildman–Crippen MR) is 106 cm³/mol. The molecular formula is C19H40NO4P. The Bertz CT molecular complexity index is 479. The zero-order chi connectivity index (χ0) is 20.3. The average Bonchev–Trinajstić information content (AvgIpc) is 2.35. The summed E-state index contributed by atoms with van der Waals surface area (Å²) in [6.07, 6.45) is 0. The SMILES string of the molecule is C=C(C)C(N(OC(C)(C)C(C)(C)C)C(C)(C)C)P(=O)(OCC)OCC. The van der Waals surface area contributed by atoms with Gasteiger partial charge in [0.25, 0.3) is 0 Å². The van der Waals surface area contributed by atoms with E-state index < -0.39 is 24.5 Å². The minimum Gasteiger partial charge on any atom is -0.307 e. The molecule has 0 aliphatic heterocycles. The number of hydroxylamine groups is 2. The van der Waals surface area contributed by atoms with E-state index in [2.05, 4.69) is 27.4 Å². The first-order valence-electron chi connectivity index (χ1n) is 9.06. The monoisotopic (exact) mass is 377 g/mol. The lowest BCUT2D eigenvalue weighted by molar-refractivity contribution is -0.302. The van der Waals surface area contributed by atoms with E-state index in [1.807, 2.05) is 55.4 Å². The van der Waals surface area contributed by atoms with E-state index in [0.717, 1.165) is 0 Å². The van der Waals surface area contributed by atoms with Gasteiger partial charge in [0.1, 0.15) is 0 Å². The van der Waals surface area contributed by atoms with Crippen LogP contribution in [-0.2, 0) is 18.5 Å². The highest BCUT2D eigenvalue weighted by Gasteiger charge is 2.49. The molecule has 25 heavy (non-hydrogen) atoms. The van der Waals surface area contributed by atoms with Crippen LogP contribution in [-0.4, -0.2) is 35.2 Å². The Morgan fingerprint density at radius 3 is 1.64 bits per heavy atom. The Balaban J connectivity index is 6.19. The van der Waals surface area contributed by atoms with Crippen molar-refractivity contribution in [2.45, 2.75) is 93.1 Å². The van der Waals surface area contributed by atoms with Crippen LogP contribution in [0.3, 0.4) is 0 Å². The van der Waals surface area contributed by atoms with Gasteiger partial charge in [-0.15, -0.1) is 0 Å². The highest BCUT2D eigenvalue weighted by Crippen LogP contribution is 2.58. The fourth-order valence-corrected chi connectivity index (χ4v) is 4.34. The van der Waals surface area contributed by atoms with E-state index in [-0.39, 0.29) is 5.41 Å². The molecule has 0 aromatic carbocycles. The summed E-state index contributed by atoms with van der Waals surface area (Å²) < 4.78 is 24.8. The van der Waals surface area contributed by atoms with Crippen LogP contribution < -0.4 is 0 Å². The van der Waals surface area contributed by atoms with Crippen LogP contribution in [0.2, 0.25) is 0 Å². The quantitative estimate of drug-likeness (QED) is 0.280. The van der Waals surface area contributed by atoms with Gasteiger partial charge in [0.2, 0.25) is 0 Å². The van der Waals surface area contributed by atoms with Gasteiger partial charge < -0.3 is 9.05 Å². The Kier molecular flexibility index (Phi) is 8.60. The van der Waals surface area contributed by atoms with Gasteiger partial charge in [-0.2, -0.15) is 5.06 Å². The molecule has 0 heterocycles. The maximum absolute atomic E-state index is 13.6. The second-order valence-corrected chi connectivity index (χ2v) is 11.0. The molecule has 0 radical (unpaired) electrons. The summed E-state index contributed by atoms with van der Waals surface area (Å²) in [5.74, 6) is -0.686. The average molecular weight is 378 g/mol. The van der Waals surface area contributed by atoms with Crippen molar-refractivity contribution in [3.63, 3.8) is 0 Å². The molecule has 1 atom stereocenters. The predicted octanol–water partition coefficient (Wildman–Crippen LogP) is 6.01. The van der Waals surface area contributed by atoms with Gasteiger partial charge >= 0.3 is 7.60 Å². The van der Waals surface area contributed by atoms with Crippen molar-refractivity contribution in [1.82, 2.24) is 5.06 Å². The van der Waals surface area contributed by atoms with E-state index in [0.29, 0.717) is 18.8 Å². The third kappa shape index (κ3) is 6.48. The van der Waals surface area contributed by atoms with Crippen molar-refractivity contribution >= 4 is 7.60 Å². The van der Waals surface area contributed by atoms with Crippen LogP contribution in [0, 0.1) is 5.41 Å². The summed E-state index contributed by atoms with van der Waals surface area (Å²) in [5, 5.41) is 1.76. The first-order chi connectivity index (χ1) is 11.0. The summed E-state index contributed by atoms with van der Waals surface area (Å²) in [5.41, 5.74) is -0.380. The summed E-state index contributed by atoms with van der Waals surface area (Å²) in [6.45, 7) is 26.6. The number of hydrogen-bond donors (Lipinski definition) is 0. The Hall–Kier alpha value is -0.190. The van der Waals surface area contributed by atoms with Crippen molar-refractivity contribution in [1.29, 1.82) is 0 Å². The van der Waals surface area contributed by atoms with E-state index in [1.165, 1.54) is 0 Å². The van der Waals surface area contributed by atoms with E-state index >= 15 is 0 Å². The smallest absolute Gasteiger partial charge is 0.307 e. The lowest BCUT2D eigenvalue weighted by Crippen LogP contribution is -2.55. The van der Waals surface area contributed by atoms with Gasteiger partial charge in [0.15, 0.2) is 5.78 Å². The molecule has 150 valence electrons. The van der Waals surface area contributed by atoms with Crippen molar-refractivity contribution < 1.29 is 18.5 Å². The third-order valence-corrected chi connectivity index (χ3v) is 6.86. The van der Waals surface area contributed by atoms with Gasteiger partial charge in [0, 0.05) is 5.54 Å². The van der Waals surface area contributed by atoms with Crippen LogP contribution in [0.25, 0.3) is 0 Å². The normalized spacial score (nSPS) is 15.5. The highest BCUT2D eigenvalue weighted by atomic mass is 31.2. The molecule has 1 unspecified atom stereocenters. The molecule has 0 aromatic rings. The standard InChI is InChI=1S/C19H40NO4P/c1-13-22-25(21,23-14-2)16(15(3)4)20(18(8,9)10)24-19(11,12)17(5,6)7/h16H,3,13-14H2,1-2,4-12H3. The molecule has 5 nitrogen and oxygen atoms in total. The van der Waals surface area contributed by atoms with Gasteiger partial charge in [0.05, 0.1) is 18.8 Å². The zero-order valence-electron chi connectivity index (χ0n) is 18.2. The second kappa shape index (κ2) is 8.67. The van der Waals surface area contributed by atoms with Crippen LogP contribution >= 0.6 is 7.60 Å². The molecule has 6 heteroatoms. The lowest BCUT2D eigenvalue weighted by Gasteiger charge is -2.49. The summed E-state index contributed by atoms with van der Waals surface area (Å²) in [4.78, 5) is 6.47. The van der Waals surface area contributed by atoms with Crippen LogP contribution in [0.15, 0.2) is 12.2 Å². The molecule has 0 saturated heterocycles. The third-order valence-electron chi connectivity index (χ3n) is 4.37. The number of rotatable bonds is 9. The largest absolute Gasteiger partial charge is 0.354 e. The van der Waals surface area contributed by atoms with Gasteiger partial charge in [-0.05, 0) is 66.4 Å². The van der Waals surface area contributed by atoms with Gasteiger partial charge in [-0.3, -0.25) is 9.40 Å². The van der Waals surface area contributed by atoms with Gasteiger partial charge in [-0.25, -0.2) is 0 Å². The minimum atomic E-state index is -3.48. The lowest BCUT2D eigenvalue weighted by atomic mass is 9.79. The Morgan fingerprint density at radius 2 is 1.40 bits per heavy atom. The zero-order valence-corrected chi connectivity index (χ0v) is 19.1. The maximum atomic E-state index is 13.6. The fraction of sp³-hybridized carbons (Fsp3) is 0.895. The van der Waals surface area contributed by atoms with Crippen molar-refractivity contribution in [3.8, 4) is 0 Å². The molecule has 0 bridgehead atoms. The Morgan fingerprint density at radius 1 is 1.00 bits per heavy atom. The van der Waals surface area contributed by atoms with Gasteiger partial charge in [-0.1, -0.05) is 27.4 Å². The molecule has 0 N–H and O–H groups in total. The molecule has 0 aliphatic rings.